The second-order valence-electron chi connectivity index (χ2n) is 6.63. The third kappa shape index (κ3) is 3.08. The van der Waals surface area contributed by atoms with E-state index < -0.39 is 0 Å². The van der Waals surface area contributed by atoms with Crippen LogP contribution in [0.25, 0.3) is 10.6 Å². The number of amides is 1. The number of nitrogens with one attached hydrogen (secondary N) is 1. The molecular formula is C22H17N3O2S. The van der Waals surface area contributed by atoms with Crippen molar-refractivity contribution < 1.29 is 9.21 Å². The summed E-state index contributed by atoms with van der Waals surface area (Å²) < 4.78 is 5.42. The molecule has 4 aromatic rings. The van der Waals surface area contributed by atoms with Crippen LogP contribution in [0.2, 0.25) is 0 Å². The summed E-state index contributed by atoms with van der Waals surface area (Å²) in [5.41, 5.74) is 4.89. The lowest BCUT2D eigenvalue weighted by atomic mass is 10.1. The molecule has 138 valence electrons. The molecule has 28 heavy (non-hydrogen) atoms. The summed E-state index contributed by atoms with van der Waals surface area (Å²) in [7, 11) is 0. The molecule has 0 saturated carbocycles. The van der Waals surface area contributed by atoms with Crippen molar-refractivity contribution in [1.29, 1.82) is 0 Å². The van der Waals surface area contributed by atoms with Crippen LogP contribution < -0.4 is 10.2 Å². The number of thiophene rings is 1. The van der Waals surface area contributed by atoms with Gasteiger partial charge in [-0.15, -0.1) is 11.3 Å². The predicted molar refractivity (Wildman–Crippen MR) is 111 cm³/mol. The number of oxazole rings is 1. The van der Waals surface area contributed by atoms with Crippen molar-refractivity contribution in [2.75, 3.05) is 10.2 Å². The minimum Gasteiger partial charge on any atom is -0.442 e. The van der Waals surface area contributed by atoms with E-state index in [1.807, 2.05) is 41.8 Å². The van der Waals surface area contributed by atoms with Crippen molar-refractivity contribution in [3.05, 3.63) is 89.3 Å². The molecule has 0 radical (unpaired) electrons. The summed E-state index contributed by atoms with van der Waals surface area (Å²) in [4.78, 5) is 19.9. The van der Waals surface area contributed by atoms with Gasteiger partial charge in [0, 0.05) is 24.5 Å². The summed E-state index contributed by atoms with van der Waals surface area (Å²) in [6.45, 7) is 1.82. The van der Waals surface area contributed by atoms with Gasteiger partial charge >= 0.3 is 0 Å². The van der Waals surface area contributed by atoms with Crippen LogP contribution in [0.3, 0.4) is 0 Å². The second kappa shape index (κ2) is 6.98. The first-order valence-corrected chi connectivity index (χ1v) is 9.86. The normalized spacial score (nSPS) is 12.8. The molecular weight excluding hydrogens is 370 g/mol. The fourth-order valence-electron chi connectivity index (χ4n) is 3.45. The molecule has 0 saturated heterocycles. The Labute approximate surface area is 166 Å². The van der Waals surface area contributed by atoms with Crippen LogP contribution >= 0.6 is 11.3 Å². The van der Waals surface area contributed by atoms with Crippen molar-refractivity contribution in [2.24, 2.45) is 0 Å². The Balaban J connectivity index is 1.30. The lowest BCUT2D eigenvalue weighted by Crippen LogP contribution is -2.15. The molecule has 1 aliphatic rings. The van der Waals surface area contributed by atoms with Gasteiger partial charge in [-0.25, -0.2) is 4.98 Å². The monoisotopic (exact) mass is 387 g/mol. The molecule has 3 heterocycles. The average molecular weight is 387 g/mol. The molecule has 5 rings (SSSR count). The second-order valence-corrected chi connectivity index (χ2v) is 7.58. The molecule has 0 aliphatic carbocycles. The van der Waals surface area contributed by atoms with Gasteiger partial charge in [0.1, 0.15) is 0 Å². The molecule has 0 atom stereocenters. The topological polar surface area (TPSA) is 58.4 Å². The maximum absolute atomic E-state index is 12.6. The highest BCUT2D eigenvalue weighted by atomic mass is 32.1. The summed E-state index contributed by atoms with van der Waals surface area (Å²) in [5.74, 6) is 0.220. The van der Waals surface area contributed by atoms with Gasteiger partial charge in [-0.3, -0.25) is 4.79 Å². The fraction of sp³-hybridized carbons (Fsp3) is 0.0909. The molecule has 1 amide bonds. The largest absolute Gasteiger partial charge is 0.442 e. The van der Waals surface area contributed by atoms with Gasteiger partial charge < -0.3 is 14.6 Å². The molecule has 1 aliphatic heterocycles. The van der Waals surface area contributed by atoms with Gasteiger partial charge in [-0.2, -0.15) is 0 Å². The lowest BCUT2D eigenvalue weighted by Gasteiger charge is -2.18. The number of rotatable bonds is 4. The molecule has 0 spiro atoms. The maximum atomic E-state index is 12.6. The number of hydrogen-bond donors (Lipinski definition) is 1. The Morgan fingerprint density at radius 2 is 1.75 bits per heavy atom. The maximum Gasteiger partial charge on any atom is 0.278 e. The first-order chi connectivity index (χ1) is 13.8. The van der Waals surface area contributed by atoms with Crippen LogP contribution in [0.15, 0.2) is 76.9 Å². The Hall–Kier alpha value is -3.38. The van der Waals surface area contributed by atoms with E-state index in [1.165, 1.54) is 28.9 Å². The van der Waals surface area contributed by atoms with Crippen molar-refractivity contribution in [1.82, 2.24) is 4.98 Å². The Morgan fingerprint density at radius 3 is 2.43 bits per heavy atom. The molecule has 0 unspecified atom stereocenters. The highest BCUT2D eigenvalue weighted by molar-refractivity contribution is 7.13. The van der Waals surface area contributed by atoms with Crippen molar-refractivity contribution in [2.45, 2.75) is 13.1 Å². The number of hydrogen-bond acceptors (Lipinski definition) is 5. The van der Waals surface area contributed by atoms with E-state index in [-0.39, 0.29) is 5.91 Å². The van der Waals surface area contributed by atoms with E-state index in [9.17, 15) is 4.79 Å². The van der Waals surface area contributed by atoms with E-state index in [2.05, 4.69) is 39.5 Å². The Bertz CT molecular complexity index is 1090. The SMILES string of the molecule is O=C(Nc1ccc(N2Cc3ccccc3C2)cc1)c1ncoc1-c1cccs1. The van der Waals surface area contributed by atoms with Gasteiger partial charge in [0.05, 0.1) is 4.88 Å². The van der Waals surface area contributed by atoms with E-state index in [1.54, 1.807) is 0 Å². The van der Waals surface area contributed by atoms with Gasteiger partial charge in [0.25, 0.3) is 5.91 Å². The van der Waals surface area contributed by atoms with Crippen LogP contribution in [0.4, 0.5) is 11.4 Å². The van der Waals surface area contributed by atoms with Crippen LogP contribution in [-0.4, -0.2) is 10.9 Å². The highest BCUT2D eigenvalue weighted by Gasteiger charge is 2.20. The zero-order valence-corrected chi connectivity index (χ0v) is 15.8. The number of nitrogens with zero attached hydrogens (tertiary/aromatic N) is 2. The van der Waals surface area contributed by atoms with Crippen LogP contribution in [-0.2, 0) is 13.1 Å². The van der Waals surface area contributed by atoms with Crippen molar-refractivity contribution >= 4 is 28.6 Å². The third-order valence-electron chi connectivity index (χ3n) is 4.86. The van der Waals surface area contributed by atoms with Crippen molar-refractivity contribution in [3.63, 3.8) is 0 Å². The summed E-state index contributed by atoms with van der Waals surface area (Å²) >= 11 is 1.51. The van der Waals surface area contributed by atoms with Crippen molar-refractivity contribution in [3.8, 4) is 10.6 Å². The zero-order chi connectivity index (χ0) is 18.9. The van der Waals surface area contributed by atoms with Crippen LogP contribution in [0.5, 0.6) is 0 Å². The highest BCUT2D eigenvalue weighted by Crippen LogP contribution is 2.30. The fourth-order valence-corrected chi connectivity index (χ4v) is 4.16. The molecule has 1 N–H and O–H groups in total. The minimum absolute atomic E-state index is 0.279. The van der Waals surface area contributed by atoms with E-state index in [0.717, 1.165) is 29.3 Å². The lowest BCUT2D eigenvalue weighted by molar-refractivity contribution is 0.102. The van der Waals surface area contributed by atoms with E-state index in [0.29, 0.717) is 11.5 Å². The minimum atomic E-state index is -0.279. The van der Waals surface area contributed by atoms with Crippen LogP contribution in [0.1, 0.15) is 21.6 Å². The number of benzene rings is 2. The van der Waals surface area contributed by atoms with E-state index >= 15 is 0 Å². The van der Waals surface area contributed by atoms with Crippen LogP contribution in [0, 0.1) is 0 Å². The average Bonchev–Trinajstić information content (AvgIpc) is 3.47. The Kier molecular flexibility index (Phi) is 4.18. The summed E-state index contributed by atoms with van der Waals surface area (Å²) in [6, 6.07) is 20.2. The molecule has 6 heteroatoms. The van der Waals surface area contributed by atoms with Gasteiger partial charge in [0.15, 0.2) is 17.8 Å². The van der Waals surface area contributed by atoms with Gasteiger partial charge in [-0.05, 0) is 46.8 Å². The number of aromatic nitrogens is 1. The molecule has 0 fully saturated rings. The molecule has 2 aromatic heterocycles. The molecule has 2 aromatic carbocycles. The van der Waals surface area contributed by atoms with Gasteiger partial charge in [0.2, 0.25) is 0 Å². The standard InChI is InChI=1S/C22H17N3O2S/c26-22(20-21(27-14-23-20)19-6-3-11-28-19)24-17-7-9-18(10-8-17)25-12-15-4-1-2-5-16(15)13-25/h1-11,14H,12-13H2,(H,24,26). The number of carbonyl (C=O) groups is 1. The first-order valence-electron chi connectivity index (χ1n) is 8.98. The molecule has 0 bridgehead atoms. The zero-order valence-electron chi connectivity index (χ0n) is 15.0. The van der Waals surface area contributed by atoms with Gasteiger partial charge in [-0.1, -0.05) is 30.3 Å². The third-order valence-corrected chi connectivity index (χ3v) is 5.73. The number of anilines is 2. The summed E-state index contributed by atoms with van der Waals surface area (Å²) in [6.07, 6.45) is 1.30. The first kappa shape index (κ1) is 16.8. The quantitative estimate of drug-likeness (QED) is 0.524. The Morgan fingerprint density at radius 1 is 1.00 bits per heavy atom. The number of fused-ring (bicyclic) bond motifs is 1. The predicted octanol–water partition coefficient (Wildman–Crippen LogP) is 5.18. The van der Waals surface area contributed by atoms with E-state index in [4.69, 9.17) is 4.42 Å². The summed E-state index contributed by atoms with van der Waals surface area (Å²) in [5, 5.41) is 4.85. The molecule has 5 nitrogen and oxygen atoms in total. The number of carbonyl (C=O) groups excluding carboxylic acids is 1. The smallest absolute Gasteiger partial charge is 0.278 e.